The summed E-state index contributed by atoms with van der Waals surface area (Å²) in [6.45, 7) is 1.47. The highest BCUT2D eigenvalue weighted by molar-refractivity contribution is 6.07. The van der Waals surface area contributed by atoms with Gasteiger partial charge < -0.3 is 21.2 Å². The van der Waals surface area contributed by atoms with E-state index in [9.17, 15) is 0 Å². The SMILES string of the molecule is N=CC(=CN)c1cnc2ccc(NC3COC3)cc2n1. The Labute approximate surface area is 116 Å². The summed E-state index contributed by atoms with van der Waals surface area (Å²) in [5.74, 6) is 0. The fraction of sp³-hybridized carbons (Fsp3) is 0.214. The minimum atomic E-state index is 0.365. The number of rotatable bonds is 4. The van der Waals surface area contributed by atoms with E-state index in [1.54, 1.807) is 6.20 Å². The highest BCUT2D eigenvalue weighted by atomic mass is 16.5. The van der Waals surface area contributed by atoms with E-state index in [2.05, 4.69) is 15.3 Å². The Kier molecular flexibility index (Phi) is 3.30. The zero-order valence-corrected chi connectivity index (χ0v) is 10.8. The first-order valence-electron chi connectivity index (χ1n) is 6.34. The highest BCUT2D eigenvalue weighted by Gasteiger charge is 2.17. The molecule has 1 saturated heterocycles. The lowest BCUT2D eigenvalue weighted by Gasteiger charge is -2.27. The van der Waals surface area contributed by atoms with Gasteiger partial charge in [0.05, 0.1) is 42.2 Å². The molecule has 2 aromatic rings. The molecule has 0 radical (unpaired) electrons. The molecule has 0 bridgehead atoms. The van der Waals surface area contributed by atoms with E-state index in [1.165, 1.54) is 12.4 Å². The summed E-state index contributed by atoms with van der Waals surface area (Å²) in [5.41, 5.74) is 9.19. The number of benzene rings is 1. The molecule has 102 valence electrons. The Morgan fingerprint density at radius 1 is 1.40 bits per heavy atom. The zero-order valence-electron chi connectivity index (χ0n) is 10.8. The van der Waals surface area contributed by atoms with Gasteiger partial charge in [-0.25, -0.2) is 4.98 Å². The summed E-state index contributed by atoms with van der Waals surface area (Å²) in [7, 11) is 0. The smallest absolute Gasteiger partial charge is 0.0922 e. The molecule has 1 aromatic heterocycles. The van der Waals surface area contributed by atoms with Crippen LogP contribution in [0.25, 0.3) is 16.6 Å². The number of ether oxygens (including phenoxy) is 1. The topological polar surface area (TPSA) is 96.9 Å². The van der Waals surface area contributed by atoms with Crippen LogP contribution < -0.4 is 11.1 Å². The number of allylic oxidation sites excluding steroid dienone is 1. The van der Waals surface area contributed by atoms with Crippen LogP contribution in [0.3, 0.4) is 0 Å². The van der Waals surface area contributed by atoms with Crippen molar-refractivity contribution in [2.24, 2.45) is 5.73 Å². The largest absolute Gasteiger partial charge is 0.404 e. The predicted octanol–water partition coefficient (Wildman–Crippen LogP) is 1.39. The molecule has 3 rings (SSSR count). The lowest BCUT2D eigenvalue weighted by Crippen LogP contribution is -2.40. The maximum atomic E-state index is 7.31. The van der Waals surface area contributed by atoms with Crippen LogP contribution in [0.1, 0.15) is 5.69 Å². The van der Waals surface area contributed by atoms with Crippen LogP contribution in [0.4, 0.5) is 5.69 Å². The molecule has 6 heteroatoms. The van der Waals surface area contributed by atoms with E-state index >= 15 is 0 Å². The molecular weight excluding hydrogens is 254 g/mol. The normalized spacial score (nSPS) is 15.9. The molecule has 20 heavy (non-hydrogen) atoms. The summed E-state index contributed by atoms with van der Waals surface area (Å²) in [5, 5.41) is 10.7. The highest BCUT2D eigenvalue weighted by Crippen LogP contribution is 2.19. The van der Waals surface area contributed by atoms with Gasteiger partial charge >= 0.3 is 0 Å². The van der Waals surface area contributed by atoms with Gasteiger partial charge in [-0.15, -0.1) is 0 Å². The summed E-state index contributed by atoms with van der Waals surface area (Å²) in [6.07, 6.45) is 4.15. The van der Waals surface area contributed by atoms with Crippen molar-refractivity contribution in [3.63, 3.8) is 0 Å². The third-order valence-electron chi connectivity index (χ3n) is 3.18. The number of aromatic nitrogens is 2. The van der Waals surface area contributed by atoms with E-state index < -0.39 is 0 Å². The van der Waals surface area contributed by atoms with Crippen molar-refractivity contribution in [3.8, 4) is 0 Å². The number of fused-ring (bicyclic) bond motifs is 1. The van der Waals surface area contributed by atoms with Crippen LogP contribution in [-0.2, 0) is 4.74 Å². The first-order chi connectivity index (χ1) is 9.80. The number of nitrogens with two attached hydrogens (primary N) is 1. The van der Waals surface area contributed by atoms with Crippen LogP contribution in [0.5, 0.6) is 0 Å². The maximum Gasteiger partial charge on any atom is 0.0922 e. The molecule has 1 aromatic carbocycles. The summed E-state index contributed by atoms with van der Waals surface area (Å²) in [4.78, 5) is 8.83. The van der Waals surface area contributed by atoms with Crippen molar-refractivity contribution in [1.29, 1.82) is 5.41 Å². The molecule has 0 spiro atoms. The van der Waals surface area contributed by atoms with E-state index in [0.29, 0.717) is 17.3 Å². The molecule has 0 aliphatic carbocycles. The van der Waals surface area contributed by atoms with Crippen LogP contribution in [0.2, 0.25) is 0 Å². The second-order valence-electron chi connectivity index (χ2n) is 4.60. The number of anilines is 1. The maximum absolute atomic E-state index is 7.31. The van der Waals surface area contributed by atoms with Crippen LogP contribution in [0, 0.1) is 5.41 Å². The standard InChI is InChI=1S/C14H15N5O/c15-4-9(5-16)14-6-17-12-2-1-10(3-13(12)19-14)18-11-7-20-8-11/h1-6,11,15,18H,7-8,16H2. The van der Waals surface area contributed by atoms with E-state index in [1.807, 2.05) is 18.2 Å². The molecule has 0 saturated carbocycles. The molecule has 1 fully saturated rings. The van der Waals surface area contributed by atoms with Crippen molar-refractivity contribution >= 4 is 28.5 Å². The van der Waals surface area contributed by atoms with Gasteiger partial charge in [0.25, 0.3) is 0 Å². The second-order valence-corrected chi connectivity index (χ2v) is 4.60. The van der Waals surface area contributed by atoms with E-state index in [4.69, 9.17) is 15.9 Å². The third-order valence-corrected chi connectivity index (χ3v) is 3.18. The van der Waals surface area contributed by atoms with Crippen LogP contribution >= 0.6 is 0 Å². The predicted molar refractivity (Wildman–Crippen MR) is 78.7 cm³/mol. The average molecular weight is 269 g/mol. The van der Waals surface area contributed by atoms with Crippen LogP contribution in [-0.4, -0.2) is 35.4 Å². The second kappa shape index (κ2) is 5.26. The molecule has 1 aliphatic heterocycles. The van der Waals surface area contributed by atoms with Crippen molar-refractivity contribution < 1.29 is 4.74 Å². The lowest BCUT2D eigenvalue weighted by atomic mass is 10.2. The quantitative estimate of drug-likeness (QED) is 0.729. The lowest BCUT2D eigenvalue weighted by molar-refractivity contribution is 0.0211. The number of hydrogen-bond donors (Lipinski definition) is 3. The van der Waals surface area contributed by atoms with E-state index in [0.717, 1.165) is 29.9 Å². The molecule has 0 atom stereocenters. The average Bonchev–Trinajstić information content (AvgIpc) is 2.44. The number of nitrogens with one attached hydrogen (secondary N) is 2. The minimum absolute atomic E-state index is 0.365. The van der Waals surface area contributed by atoms with Crippen LogP contribution in [0.15, 0.2) is 30.6 Å². The Bertz CT molecular complexity index is 678. The fourth-order valence-electron chi connectivity index (χ4n) is 2.00. The third kappa shape index (κ3) is 2.33. The first kappa shape index (κ1) is 12.6. The molecule has 1 aliphatic rings. The Morgan fingerprint density at radius 2 is 2.25 bits per heavy atom. The Balaban J connectivity index is 1.95. The van der Waals surface area contributed by atoms with Gasteiger partial charge in [0, 0.05) is 23.7 Å². The van der Waals surface area contributed by atoms with Gasteiger partial charge in [0.1, 0.15) is 0 Å². The monoisotopic (exact) mass is 269 g/mol. The summed E-state index contributed by atoms with van der Waals surface area (Å²) >= 11 is 0. The van der Waals surface area contributed by atoms with Gasteiger partial charge in [-0.05, 0) is 18.2 Å². The molecule has 4 N–H and O–H groups in total. The summed E-state index contributed by atoms with van der Waals surface area (Å²) in [6, 6.07) is 6.21. The fourth-order valence-corrected chi connectivity index (χ4v) is 2.00. The molecular formula is C14H15N5O. The van der Waals surface area contributed by atoms with Gasteiger partial charge in [0.2, 0.25) is 0 Å². The first-order valence-corrected chi connectivity index (χ1v) is 6.34. The zero-order chi connectivity index (χ0) is 13.9. The summed E-state index contributed by atoms with van der Waals surface area (Å²) < 4.78 is 5.14. The number of hydrogen-bond acceptors (Lipinski definition) is 6. The molecule has 6 nitrogen and oxygen atoms in total. The Morgan fingerprint density at radius 3 is 2.90 bits per heavy atom. The van der Waals surface area contributed by atoms with Gasteiger partial charge in [0.15, 0.2) is 0 Å². The van der Waals surface area contributed by atoms with E-state index in [-0.39, 0.29) is 0 Å². The van der Waals surface area contributed by atoms with Gasteiger partial charge in [-0.1, -0.05) is 0 Å². The van der Waals surface area contributed by atoms with Crippen molar-refractivity contribution in [2.75, 3.05) is 18.5 Å². The van der Waals surface area contributed by atoms with Gasteiger partial charge in [-0.3, -0.25) is 4.98 Å². The Hall–Kier alpha value is -2.47. The molecule has 2 heterocycles. The molecule has 0 amide bonds. The van der Waals surface area contributed by atoms with Gasteiger partial charge in [-0.2, -0.15) is 0 Å². The minimum Gasteiger partial charge on any atom is -0.404 e. The van der Waals surface area contributed by atoms with Crippen molar-refractivity contribution in [2.45, 2.75) is 6.04 Å². The van der Waals surface area contributed by atoms with Crippen molar-refractivity contribution in [3.05, 3.63) is 36.3 Å². The van der Waals surface area contributed by atoms with Crippen molar-refractivity contribution in [1.82, 2.24) is 9.97 Å². The number of nitrogens with zero attached hydrogens (tertiary/aromatic N) is 2. The molecule has 0 unspecified atom stereocenters.